The van der Waals surface area contributed by atoms with Crippen molar-refractivity contribution >= 4 is 0 Å². The Balaban J connectivity index is 2.36. The third kappa shape index (κ3) is 1.72. The standard InChI is InChI=1S/C9H18O/c1-7-3-4-9(6-10)8(2)5-7/h7-10H,3-6H2,1-2H3/t7-,8+,9+/m1/s1. The van der Waals surface area contributed by atoms with Gasteiger partial charge in [0.1, 0.15) is 0 Å². The molecule has 0 spiro atoms. The summed E-state index contributed by atoms with van der Waals surface area (Å²) in [6.07, 6.45) is 3.86. The summed E-state index contributed by atoms with van der Waals surface area (Å²) in [6, 6.07) is 0. The average Bonchev–Trinajstić information content (AvgIpc) is 1.88. The normalized spacial score (nSPS) is 41.7. The predicted octanol–water partition coefficient (Wildman–Crippen LogP) is 2.05. The lowest BCUT2D eigenvalue weighted by molar-refractivity contribution is 0.122. The summed E-state index contributed by atoms with van der Waals surface area (Å²) in [6.45, 7) is 4.97. The smallest absolute Gasteiger partial charge is 0.0461 e. The summed E-state index contributed by atoms with van der Waals surface area (Å²) in [5.41, 5.74) is 0. The lowest BCUT2D eigenvalue weighted by Gasteiger charge is -2.31. The van der Waals surface area contributed by atoms with E-state index in [1.165, 1.54) is 19.3 Å². The maximum absolute atomic E-state index is 8.95. The Morgan fingerprint density at radius 2 is 2.00 bits per heavy atom. The van der Waals surface area contributed by atoms with E-state index in [1.807, 2.05) is 0 Å². The van der Waals surface area contributed by atoms with Crippen LogP contribution in [0.4, 0.5) is 0 Å². The highest BCUT2D eigenvalue weighted by Gasteiger charge is 2.23. The van der Waals surface area contributed by atoms with Crippen LogP contribution in [-0.2, 0) is 0 Å². The van der Waals surface area contributed by atoms with Crippen molar-refractivity contribution in [3.63, 3.8) is 0 Å². The molecule has 1 heteroatoms. The molecule has 1 N–H and O–H groups in total. The highest BCUT2D eigenvalue weighted by atomic mass is 16.3. The molecule has 0 aromatic carbocycles. The van der Waals surface area contributed by atoms with Gasteiger partial charge in [0, 0.05) is 6.61 Å². The van der Waals surface area contributed by atoms with Crippen LogP contribution in [-0.4, -0.2) is 11.7 Å². The van der Waals surface area contributed by atoms with Crippen molar-refractivity contribution in [2.24, 2.45) is 17.8 Å². The first-order chi connectivity index (χ1) is 4.74. The lowest BCUT2D eigenvalue weighted by atomic mass is 9.76. The molecular formula is C9H18O. The third-order valence-electron chi connectivity index (χ3n) is 2.84. The molecule has 1 rings (SSSR count). The summed E-state index contributed by atoms with van der Waals surface area (Å²) in [5.74, 6) is 2.22. The van der Waals surface area contributed by atoms with Crippen LogP contribution < -0.4 is 0 Å². The fourth-order valence-electron chi connectivity index (χ4n) is 2.00. The molecule has 0 aromatic heterocycles. The van der Waals surface area contributed by atoms with Crippen LogP contribution in [0.15, 0.2) is 0 Å². The minimum atomic E-state index is 0.397. The monoisotopic (exact) mass is 142 g/mol. The number of aliphatic hydroxyl groups is 1. The van der Waals surface area contributed by atoms with Gasteiger partial charge in [-0.05, 0) is 30.6 Å². The number of aliphatic hydroxyl groups excluding tert-OH is 1. The molecule has 0 unspecified atom stereocenters. The maximum atomic E-state index is 8.95. The SMILES string of the molecule is C[C@@H]1CC[C@@H](CO)[C@@H](C)C1. The molecule has 0 aliphatic heterocycles. The first kappa shape index (κ1) is 8.06. The van der Waals surface area contributed by atoms with Gasteiger partial charge < -0.3 is 5.11 Å². The zero-order chi connectivity index (χ0) is 7.56. The fourth-order valence-corrected chi connectivity index (χ4v) is 2.00. The first-order valence-electron chi connectivity index (χ1n) is 4.35. The molecule has 1 fully saturated rings. The Morgan fingerprint density at radius 1 is 1.30 bits per heavy atom. The van der Waals surface area contributed by atoms with Crippen LogP contribution in [0.2, 0.25) is 0 Å². The molecule has 10 heavy (non-hydrogen) atoms. The molecule has 0 amide bonds. The van der Waals surface area contributed by atoms with Crippen LogP contribution in [0.1, 0.15) is 33.1 Å². The van der Waals surface area contributed by atoms with E-state index in [9.17, 15) is 0 Å². The van der Waals surface area contributed by atoms with Gasteiger partial charge in [-0.3, -0.25) is 0 Å². The second kappa shape index (κ2) is 3.38. The molecule has 0 heterocycles. The highest BCUT2D eigenvalue weighted by molar-refractivity contribution is 4.74. The van der Waals surface area contributed by atoms with E-state index in [0.29, 0.717) is 12.5 Å². The molecule has 1 nitrogen and oxygen atoms in total. The molecular weight excluding hydrogens is 124 g/mol. The molecule has 1 saturated carbocycles. The maximum Gasteiger partial charge on any atom is 0.0461 e. The minimum absolute atomic E-state index is 0.397. The van der Waals surface area contributed by atoms with E-state index in [1.54, 1.807) is 0 Å². The molecule has 0 saturated heterocycles. The molecule has 0 aromatic rings. The van der Waals surface area contributed by atoms with Crippen molar-refractivity contribution in [2.75, 3.05) is 6.61 Å². The number of hydrogen-bond donors (Lipinski definition) is 1. The zero-order valence-corrected chi connectivity index (χ0v) is 7.01. The largest absolute Gasteiger partial charge is 0.396 e. The van der Waals surface area contributed by atoms with Crippen molar-refractivity contribution in [3.05, 3.63) is 0 Å². The van der Waals surface area contributed by atoms with Gasteiger partial charge in [0.25, 0.3) is 0 Å². The Labute approximate surface area is 63.4 Å². The summed E-state index contributed by atoms with van der Waals surface area (Å²) in [5, 5.41) is 8.95. The van der Waals surface area contributed by atoms with Crippen LogP contribution in [0.25, 0.3) is 0 Å². The molecule has 1 aliphatic rings. The predicted molar refractivity (Wildman–Crippen MR) is 42.8 cm³/mol. The van der Waals surface area contributed by atoms with E-state index in [4.69, 9.17) is 5.11 Å². The fraction of sp³-hybridized carbons (Fsp3) is 1.00. The van der Waals surface area contributed by atoms with Gasteiger partial charge in [0.15, 0.2) is 0 Å². The molecule has 0 radical (unpaired) electrons. The first-order valence-corrected chi connectivity index (χ1v) is 4.35. The Kier molecular flexibility index (Phi) is 2.72. The van der Waals surface area contributed by atoms with E-state index in [2.05, 4.69) is 13.8 Å². The molecule has 3 atom stereocenters. The second-order valence-electron chi connectivity index (χ2n) is 3.84. The Hall–Kier alpha value is -0.0400. The van der Waals surface area contributed by atoms with Crippen LogP contribution in [0.5, 0.6) is 0 Å². The number of hydrogen-bond acceptors (Lipinski definition) is 1. The quantitative estimate of drug-likeness (QED) is 0.594. The van der Waals surface area contributed by atoms with Gasteiger partial charge in [-0.15, -0.1) is 0 Å². The van der Waals surface area contributed by atoms with Crippen molar-refractivity contribution in [1.82, 2.24) is 0 Å². The minimum Gasteiger partial charge on any atom is -0.396 e. The van der Waals surface area contributed by atoms with Crippen molar-refractivity contribution in [3.8, 4) is 0 Å². The van der Waals surface area contributed by atoms with E-state index in [0.717, 1.165) is 11.8 Å². The van der Waals surface area contributed by atoms with Gasteiger partial charge in [-0.2, -0.15) is 0 Å². The van der Waals surface area contributed by atoms with Crippen LogP contribution >= 0.6 is 0 Å². The van der Waals surface area contributed by atoms with Gasteiger partial charge in [-0.25, -0.2) is 0 Å². The Morgan fingerprint density at radius 3 is 2.50 bits per heavy atom. The summed E-state index contributed by atoms with van der Waals surface area (Å²) >= 11 is 0. The highest BCUT2D eigenvalue weighted by Crippen LogP contribution is 2.32. The topological polar surface area (TPSA) is 20.2 Å². The van der Waals surface area contributed by atoms with E-state index < -0.39 is 0 Å². The molecule has 1 aliphatic carbocycles. The van der Waals surface area contributed by atoms with Gasteiger partial charge in [0.2, 0.25) is 0 Å². The van der Waals surface area contributed by atoms with Gasteiger partial charge in [0.05, 0.1) is 0 Å². The summed E-state index contributed by atoms with van der Waals surface area (Å²) < 4.78 is 0. The van der Waals surface area contributed by atoms with Crippen LogP contribution in [0.3, 0.4) is 0 Å². The lowest BCUT2D eigenvalue weighted by Crippen LogP contribution is -2.23. The summed E-state index contributed by atoms with van der Waals surface area (Å²) in [7, 11) is 0. The van der Waals surface area contributed by atoms with Crippen molar-refractivity contribution < 1.29 is 5.11 Å². The van der Waals surface area contributed by atoms with E-state index in [-0.39, 0.29) is 0 Å². The average molecular weight is 142 g/mol. The van der Waals surface area contributed by atoms with E-state index >= 15 is 0 Å². The summed E-state index contributed by atoms with van der Waals surface area (Å²) in [4.78, 5) is 0. The van der Waals surface area contributed by atoms with Gasteiger partial charge >= 0.3 is 0 Å². The zero-order valence-electron chi connectivity index (χ0n) is 7.01. The van der Waals surface area contributed by atoms with Crippen LogP contribution in [0, 0.1) is 17.8 Å². The number of rotatable bonds is 1. The molecule has 60 valence electrons. The third-order valence-corrected chi connectivity index (χ3v) is 2.84. The van der Waals surface area contributed by atoms with Crippen molar-refractivity contribution in [2.45, 2.75) is 33.1 Å². The molecule has 0 bridgehead atoms. The second-order valence-corrected chi connectivity index (χ2v) is 3.84. The van der Waals surface area contributed by atoms with Crippen molar-refractivity contribution in [1.29, 1.82) is 0 Å². The van der Waals surface area contributed by atoms with Gasteiger partial charge in [-0.1, -0.05) is 20.3 Å². The Bertz CT molecular complexity index is 101.